The molecule has 0 radical (unpaired) electrons. The second-order valence-corrected chi connectivity index (χ2v) is 8.85. The highest BCUT2D eigenvalue weighted by molar-refractivity contribution is 14.0. The summed E-state index contributed by atoms with van der Waals surface area (Å²) in [7, 11) is 0. The first kappa shape index (κ1) is 24.3. The molecular formula is C23H36IN5O2. The van der Waals surface area contributed by atoms with Crippen molar-refractivity contribution in [1.82, 2.24) is 15.5 Å². The van der Waals surface area contributed by atoms with E-state index in [0.29, 0.717) is 24.8 Å². The number of piperidine rings is 1. The lowest BCUT2D eigenvalue weighted by Crippen LogP contribution is -2.47. The van der Waals surface area contributed by atoms with E-state index in [-0.39, 0.29) is 35.8 Å². The Hall–Kier alpha value is -1.39. The Balaban J connectivity index is 0.00000272. The van der Waals surface area contributed by atoms with Crippen molar-refractivity contribution in [2.24, 2.45) is 16.6 Å². The fourth-order valence-corrected chi connectivity index (χ4v) is 4.97. The molecule has 2 bridgehead atoms. The van der Waals surface area contributed by atoms with Crippen LogP contribution < -0.4 is 16.4 Å². The SMILES string of the molecule is CCNC(=NCc1cccc(CN2CCCC(C(N)=O)C2)c1)NC1CC2CCC1O2.I. The summed E-state index contributed by atoms with van der Waals surface area (Å²) in [4.78, 5) is 18.7. The number of ether oxygens (including phenoxy) is 1. The van der Waals surface area contributed by atoms with Crippen molar-refractivity contribution in [3.63, 3.8) is 0 Å². The molecule has 7 nitrogen and oxygen atoms in total. The molecule has 0 aromatic heterocycles. The fourth-order valence-electron chi connectivity index (χ4n) is 4.97. The lowest BCUT2D eigenvalue weighted by Gasteiger charge is -2.31. The average Bonchev–Trinajstić information content (AvgIpc) is 3.36. The summed E-state index contributed by atoms with van der Waals surface area (Å²) in [5.74, 6) is 0.673. The van der Waals surface area contributed by atoms with E-state index in [0.717, 1.165) is 57.8 Å². The van der Waals surface area contributed by atoms with Crippen molar-refractivity contribution < 1.29 is 9.53 Å². The number of halogens is 1. The van der Waals surface area contributed by atoms with Gasteiger partial charge in [0.05, 0.1) is 30.7 Å². The van der Waals surface area contributed by atoms with Crippen LogP contribution in [0.2, 0.25) is 0 Å². The molecule has 4 N–H and O–H groups in total. The summed E-state index contributed by atoms with van der Waals surface area (Å²) in [5, 5.41) is 6.94. The number of carbonyl (C=O) groups is 1. The number of aliphatic imine (C=N–C) groups is 1. The maximum absolute atomic E-state index is 11.5. The molecule has 4 atom stereocenters. The van der Waals surface area contributed by atoms with Gasteiger partial charge in [0.1, 0.15) is 0 Å². The third-order valence-electron chi connectivity index (χ3n) is 6.50. The lowest BCUT2D eigenvalue weighted by atomic mass is 9.96. The maximum atomic E-state index is 11.5. The van der Waals surface area contributed by atoms with Gasteiger partial charge in [-0.15, -0.1) is 24.0 Å². The number of hydrogen-bond acceptors (Lipinski definition) is 4. The van der Waals surface area contributed by atoms with Crippen LogP contribution >= 0.6 is 24.0 Å². The molecule has 3 aliphatic heterocycles. The zero-order valence-electron chi connectivity index (χ0n) is 18.4. The number of guanidine groups is 1. The number of nitrogens with one attached hydrogen (secondary N) is 2. The molecule has 3 saturated heterocycles. The predicted molar refractivity (Wildman–Crippen MR) is 133 cm³/mol. The van der Waals surface area contributed by atoms with E-state index in [9.17, 15) is 4.79 Å². The molecule has 1 amide bonds. The van der Waals surface area contributed by atoms with Gasteiger partial charge in [0.25, 0.3) is 0 Å². The van der Waals surface area contributed by atoms with Gasteiger partial charge in [0, 0.05) is 19.6 Å². The molecule has 31 heavy (non-hydrogen) atoms. The number of likely N-dealkylation sites (tertiary alicyclic amines) is 1. The smallest absolute Gasteiger partial charge is 0.221 e. The highest BCUT2D eigenvalue weighted by Crippen LogP contribution is 2.34. The Morgan fingerprint density at radius 3 is 2.84 bits per heavy atom. The van der Waals surface area contributed by atoms with Crippen molar-refractivity contribution in [3.05, 3.63) is 35.4 Å². The minimum atomic E-state index is -0.174. The summed E-state index contributed by atoms with van der Waals surface area (Å²) >= 11 is 0. The predicted octanol–water partition coefficient (Wildman–Crippen LogP) is 2.38. The number of carbonyl (C=O) groups excluding carboxylic acids is 1. The number of benzene rings is 1. The first-order valence-electron chi connectivity index (χ1n) is 11.4. The Morgan fingerprint density at radius 1 is 1.29 bits per heavy atom. The first-order chi connectivity index (χ1) is 14.6. The molecule has 1 aromatic carbocycles. The average molecular weight is 541 g/mol. The molecule has 3 heterocycles. The Labute approximate surface area is 202 Å². The first-order valence-corrected chi connectivity index (χ1v) is 11.4. The highest BCUT2D eigenvalue weighted by atomic mass is 127. The van der Waals surface area contributed by atoms with Crippen LogP contribution in [0.1, 0.15) is 50.2 Å². The number of nitrogens with two attached hydrogens (primary N) is 1. The van der Waals surface area contributed by atoms with Crippen molar-refractivity contribution in [3.8, 4) is 0 Å². The molecule has 0 spiro atoms. The van der Waals surface area contributed by atoms with Gasteiger partial charge in [-0.05, 0) is 56.7 Å². The van der Waals surface area contributed by atoms with Crippen molar-refractivity contribution in [2.75, 3.05) is 19.6 Å². The molecule has 1 aromatic rings. The summed E-state index contributed by atoms with van der Waals surface area (Å²) in [5.41, 5.74) is 7.97. The molecular weight excluding hydrogens is 505 g/mol. The third kappa shape index (κ3) is 6.55. The fraction of sp³-hybridized carbons (Fsp3) is 0.652. The van der Waals surface area contributed by atoms with Crippen LogP contribution in [0.15, 0.2) is 29.3 Å². The number of rotatable bonds is 7. The van der Waals surface area contributed by atoms with E-state index < -0.39 is 0 Å². The summed E-state index contributed by atoms with van der Waals surface area (Å²) < 4.78 is 5.96. The maximum Gasteiger partial charge on any atom is 0.221 e. The summed E-state index contributed by atoms with van der Waals surface area (Å²) in [6, 6.07) is 8.96. The molecule has 3 fully saturated rings. The molecule has 0 aliphatic carbocycles. The van der Waals surface area contributed by atoms with E-state index in [2.05, 4.69) is 46.7 Å². The highest BCUT2D eigenvalue weighted by Gasteiger charge is 2.41. The minimum Gasteiger partial charge on any atom is -0.373 e. The topological polar surface area (TPSA) is 92.0 Å². The standard InChI is InChI=1S/C23H35N5O2.HI/c1-2-25-23(27-20-12-19-8-9-21(20)30-19)26-13-16-5-3-6-17(11-16)14-28-10-4-7-18(15-28)22(24)29;/h3,5-6,11,18-21H,2,4,7-10,12-15H2,1H3,(H2,24,29)(H2,25,26,27);1H. The normalized spacial score (nSPS) is 28.2. The molecule has 4 unspecified atom stereocenters. The lowest BCUT2D eigenvalue weighted by molar-refractivity contribution is -0.123. The van der Waals surface area contributed by atoms with Crippen LogP contribution in [-0.4, -0.2) is 54.7 Å². The van der Waals surface area contributed by atoms with E-state index in [1.54, 1.807) is 0 Å². The van der Waals surface area contributed by atoms with Gasteiger partial charge < -0.3 is 21.1 Å². The second kappa shape index (κ2) is 11.5. The van der Waals surface area contributed by atoms with E-state index in [4.69, 9.17) is 15.5 Å². The Kier molecular flexibility index (Phi) is 8.97. The minimum absolute atomic E-state index is 0. The van der Waals surface area contributed by atoms with Crippen LogP contribution in [0.5, 0.6) is 0 Å². The second-order valence-electron chi connectivity index (χ2n) is 8.85. The van der Waals surface area contributed by atoms with E-state index in [1.165, 1.54) is 17.5 Å². The van der Waals surface area contributed by atoms with E-state index >= 15 is 0 Å². The number of fused-ring (bicyclic) bond motifs is 2. The van der Waals surface area contributed by atoms with Crippen LogP contribution in [-0.2, 0) is 22.6 Å². The molecule has 172 valence electrons. The number of amides is 1. The number of hydrogen-bond donors (Lipinski definition) is 3. The van der Waals surface area contributed by atoms with Crippen molar-refractivity contribution in [2.45, 2.75) is 70.4 Å². The van der Waals surface area contributed by atoms with Gasteiger partial charge in [0.2, 0.25) is 5.91 Å². The number of nitrogens with zero attached hydrogens (tertiary/aromatic N) is 2. The zero-order chi connectivity index (χ0) is 20.9. The largest absolute Gasteiger partial charge is 0.373 e. The van der Waals surface area contributed by atoms with Gasteiger partial charge >= 0.3 is 0 Å². The number of primary amides is 1. The molecule has 0 saturated carbocycles. The van der Waals surface area contributed by atoms with Crippen molar-refractivity contribution >= 4 is 35.8 Å². The van der Waals surface area contributed by atoms with Crippen LogP contribution in [0.4, 0.5) is 0 Å². The third-order valence-corrected chi connectivity index (χ3v) is 6.50. The molecule has 8 heteroatoms. The van der Waals surface area contributed by atoms with Gasteiger partial charge in [0.15, 0.2) is 5.96 Å². The van der Waals surface area contributed by atoms with Gasteiger partial charge in [-0.3, -0.25) is 9.69 Å². The van der Waals surface area contributed by atoms with Gasteiger partial charge in [-0.25, -0.2) is 4.99 Å². The van der Waals surface area contributed by atoms with Crippen LogP contribution in [0.25, 0.3) is 0 Å². The van der Waals surface area contributed by atoms with Crippen molar-refractivity contribution in [1.29, 1.82) is 0 Å². The molecule has 3 aliphatic rings. The Morgan fingerprint density at radius 2 is 2.13 bits per heavy atom. The quantitative estimate of drug-likeness (QED) is 0.280. The zero-order valence-corrected chi connectivity index (χ0v) is 20.7. The summed E-state index contributed by atoms with van der Waals surface area (Å²) in [6.45, 7) is 6.19. The molecule has 4 rings (SSSR count). The van der Waals surface area contributed by atoms with Gasteiger partial charge in [-0.1, -0.05) is 24.3 Å². The summed E-state index contributed by atoms with van der Waals surface area (Å²) in [6.07, 6.45) is 6.12. The van der Waals surface area contributed by atoms with Gasteiger partial charge in [-0.2, -0.15) is 0 Å². The Bertz CT molecular complexity index is 774. The van der Waals surface area contributed by atoms with E-state index in [1.807, 2.05) is 0 Å². The monoisotopic (exact) mass is 541 g/mol. The van der Waals surface area contributed by atoms with Crippen LogP contribution in [0.3, 0.4) is 0 Å². The van der Waals surface area contributed by atoms with Crippen LogP contribution in [0, 0.1) is 5.92 Å².